The SMILES string of the molecule is COC(=O)c1cc(C)nc2nc(SC(C(=O)N3CCCC3)c3ccccc3)[nH]c(=O)c12. The van der Waals surface area contributed by atoms with Gasteiger partial charge in [0.05, 0.1) is 18.1 Å². The lowest BCUT2D eigenvalue weighted by Gasteiger charge is -2.22. The third-order valence-corrected chi connectivity index (χ3v) is 6.29. The topological polar surface area (TPSA) is 105 Å². The number of aromatic amines is 1. The highest BCUT2D eigenvalue weighted by atomic mass is 32.2. The van der Waals surface area contributed by atoms with Crippen LogP contribution in [0.15, 0.2) is 46.3 Å². The van der Waals surface area contributed by atoms with E-state index in [2.05, 4.69) is 15.0 Å². The van der Waals surface area contributed by atoms with Gasteiger partial charge in [-0.05, 0) is 31.4 Å². The summed E-state index contributed by atoms with van der Waals surface area (Å²) in [6.07, 6.45) is 1.98. The van der Waals surface area contributed by atoms with Crippen molar-refractivity contribution in [2.24, 2.45) is 0 Å². The van der Waals surface area contributed by atoms with Crippen molar-refractivity contribution in [3.63, 3.8) is 0 Å². The highest BCUT2D eigenvalue weighted by Gasteiger charge is 2.30. The van der Waals surface area contributed by atoms with Crippen molar-refractivity contribution in [1.82, 2.24) is 19.9 Å². The molecule has 4 rings (SSSR count). The van der Waals surface area contributed by atoms with Crippen molar-refractivity contribution in [1.29, 1.82) is 0 Å². The molecule has 160 valence electrons. The van der Waals surface area contributed by atoms with E-state index in [1.807, 2.05) is 35.2 Å². The van der Waals surface area contributed by atoms with E-state index < -0.39 is 16.8 Å². The van der Waals surface area contributed by atoms with Gasteiger partial charge in [-0.3, -0.25) is 9.59 Å². The van der Waals surface area contributed by atoms with Crippen molar-refractivity contribution in [2.45, 2.75) is 30.2 Å². The molecule has 1 unspecified atom stereocenters. The van der Waals surface area contributed by atoms with E-state index in [-0.39, 0.29) is 27.7 Å². The van der Waals surface area contributed by atoms with Crippen LogP contribution < -0.4 is 5.56 Å². The molecular formula is C22H22N4O4S. The fraction of sp³-hybridized carbons (Fsp3) is 0.318. The van der Waals surface area contributed by atoms with Gasteiger partial charge < -0.3 is 14.6 Å². The zero-order chi connectivity index (χ0) is 22.0. The average Bonchev–Trinajstić information content (AvgIpc) is 3.31. The van der Waals surface area contributed by atoms with Crippen LogP contribution in [0.1, 0.15) is 39.7 Å². The summed E-state index contributed by atoms with van der Waals surface area (Å²) < 4.78 is 4.79. The van der Waals surface area contributed by atoms with Crippen molar-refractivity contribution in [3.8, 4) is 0 Å². The Hall–Kier alpha value is -3.20. The van der Waals surface area contributed by atoms with Crippen LogP contribution in [-0.2, 0) is 9.53 Å². The maximum Gasteiger partial charge on any atom is 0.338 e. The molecule has 1 saturated heterocycles. The van der Waals surface area contributed by atoms with Crippen LogP contribution >= 0.6 is 11.8 Å². The number of rotatable bonds is 5. The number of hydrogen-bond acceptors (Lipinski definition) is 7. The molecule has 3 heterocycles. The molecule has 8 nitrogen and oxygen atoms in total. The Morgan fingerprint density at radius 2 is 1.87 bits per heavy atom. The predicted octanol–water partition coefficient (Wildman–Crippen LogP) is 2.87. The van der Waals surface area contributed by atoms with Crippen LogP contribution in [0.5, 0.6) is 0 Å². The van der Waals surface area contributed by atoms with Gasteiger partial charge in [-0.25, -0.2) is 14.8 Å². The number of aromatic nitrogens is 3. The molecule has 0 bridgehead atoms. The average molecular weight is 439 g/mol. The number of benzene rings is 1. The molecule has 0 radical (unpaired) electrons. The van der Waals surface area contributed by atoms with Gasteiger partial charge in [-0.15, -0.1) is 0 Å². The number of esters is 1. The summed E-state index contributed by atoms with van der Waals surface area (Å²) in [5.41, 5.74) is 1.13. The minimum Gasteiger partial charge on any atom is -0.465 e. The van der Waals surface area contributed by atoms with Gasteiger partial charge in [-0.2, -0.15) is 0 Å². The first kappa shape index (κ1) is 21.0. The number of carbonyl (C=O) groups excluding carboxylic acids is 2. The van der Waals surface area contributed by atoms with E-state index in [0.29, 0.717) is 5.69 Å². The number of H-pyrrole nitrogens is 1. The first-order chi connectivity index (χ1) is 15.0. The Morgan fingerprint density at radius 3 is 2.55 bits per heavy atom. The van der Waals surface area contributed by atoms with Crippen LogP contribution in [0.25, 0.3) is 11.0 Å². The van der Waals surface area contributed by atoms with Crippen molar-refractivity contribution in [2.75, 3.05) is 20.2 Å². The summed E-state index contributed by atoms with van der Waals surface area (Å²) in [6.45, 7) is 3.17. The van der Waals surface area contributed by atoms with Crippen LogP contribution in [0, 0.1) is 6.92 Å². The minimum absolute atomic E-state index is 0.0103. The maximum atomic E-state index is 13.2. The van der Waals surface area contributed by atoms with E-state index in [0.717, 1.165) is 31.5 Å². The zero-order valence-corrected chi connectivity index (χ0v) is 18.1. The summed E-state index contributed by atoms with van der Waals surface area (Å²) in [7, 11) is 1.25. The lowest BCUT2D eigenvalue weighted by atomic mass is 10.1. The summed E-state index contributed by atoms with van der Waals surface area (Å²) in [4.78, 5) is 51.6. The highest BCUT2D eigenvalue weighted by Crippen LogP contribution is 2.36. The van der Waals surface area contributed by atoms with Crippen molar-refractivity contribution >= 4 is 34.7 Å². The second-order valence-electron chi connectivity index (χ2n) is 7.31. The second kappa shape index (κ2) is 8.89. The Kier molecular flexibility index (Phi) is 6.03. The van der Waals surface area contributed by atoms with Crippen molar-refractivity contribution in [3.05, 3.63) is 63.6 Å². The third-order valence-electron chi connectivity index (χ3n) is 5.16. The van der Waals surface area contributed by atoms with E-state index in [1.54, 1.807) is 6.92 Å². The van der Waals surface area contributed by atoms with Gasteiger partial charge in [0.15, 0.2) is 10.8 Å². The first-order valence-electron chi connectivity index (χ1n) is 9.98. The Bertz CT molecular complexity index is 1190. The Labute approximate surface area is 183 Å². The second-order valence-corrected chi connectivity index (χ2v) is 8.41. The fourth-order valence-corrected chi connectivity index (χ4v) is 4.73. The molecule has 1 aliphatic rings. The standard InChI is InChI=1S/C22H22N4O4S/c1-13-12-15(21(29)30-2)16-18(23-13)24-22(25-19(16)27)31-17(14-8-4-3-5-9-14)20(28)26-10-6-7-11-26/h3-5,8-9,12,17H,6-7,10-11H2,1-2H3,(H,23,24,25,27). The van der Waals surface area contributed by atoms with Crippen LogP contribution in [0.3, 0.4) is 0 Å². The molecule has 9 heteroatoms. The number of nitrogens with zero attached hydrogens (tertiary/aromatic N) is 3. The van der Waals surface area contributed by atoms with E-state index >= 15 is 0 Å². The number of amides is 1. The summed E-state index contributed by atoms with van der Waals surface area (Å²) >= 11 is 1.18. The number of likely N-dealkylation sites (tertiary alicyclic amines) is 1. The Morgan fingerprint density at radius 1 is 1.16 bits per heavy atom. The molecule has 2 aromatic heterocycles. The lowest BCUT2D eigenvalue weighted by Crippen LogP contribution is -2.31. The van der Waals surface area contributed by atoms with Gasteiger partial charge in [0.1, 0.15) is 5.25 Å². The molecule has 1 atom stereocenters. The normalized spacial score (nSPS) is 14.6. The monoisotopic (exact) mass is 438 g/mol. The molecule has 1 amide bonds. The molecule has 1 aliphatic heterocycles. The zero-order valence-electron chi connectivity index (χ0n) is 17.3. The number of pyridine rings is 1. The number of aryl methyl sites for hydroxylation is 1. The lowest BCUT2D eigenvalue weighted by molar-refractivity contribution is -0.129. The number of fused-ring (bicyclic) bond motifs is 1. The van der Waals surface area contributed by atoms with Gasteiger partial charge in [0.2, 0.25) is 5.91 Å². The molecule has 3 aromatic rings. The van der Waals surface area contributed by atoms with Crippen LogP contribution in [0.4, 0.5) is 0 Å². The largest absolute Gasteiger partial charge is 0.465 e. The number of ether oxygens (including phenoxy) is 1. The summed E-state index contributed by atoms with van der Waals surface area (Å²) in [6, 6.07) is 10.9. The number of nitrogens with one attached hydrogen (secondary N) is 1. The number of carbonyl (C=O) groups is 2. The number of thioether (sulfide) groups is 1. The predicted molar refractivity (Wildman–Crippen MR) is 117 cm³/mol. The molecule has 0 saturated carbocycles. The fourth-order valence-electron chi connectivity index (χ4n) is 3.68. The van der Waals surface area contributed by atoms with Gasteiger partial charge in [0, 0.05) is 18.8 Å². The maximum absolute atomic E-state index is 13.2. The summed E-state index contributed by atoms with van der Waals surface area (Å²) in [5.74, 6) is -0.640. The van der Waals surface area contributed by atoms with Gasteiger partial charge in [0.25, 0.3) is 5.56 Å². The van der Waals surface area contributed by atoms with Gasteiger partial charge >= 0.3 is 5.97 Å². The van der Waals surface area contributed by atoms with E-state index in [1.165, 1.54) is 24.9 Å². The van der Waals surface area contributed by atoms with Crippen LogP contribution in [0.2, 0.25) is 0 Å². The molecule has 0 spiro atoms. The third kappa shape index (κ3) is 4.32. The summed E-state index contributed by atoms with van der Waals surface area (Å²) in [5, 5.41) is -0.207. The van der Waals surface area contributed by atoms with E-state index in [9.17, 15) is 14.4 Å². The quantitative estimate of drug-likeness (QED) is 0.371. The Balaban J connectivity index is 1.76. The molecule has 0 aliphatic carbocycles. The van der Waals surface area contributed by atoms with Gasteiger partial charge in [-0.1, -0.05) is 42.1 Å². The van der Waals surface area contributed by atoms with E-state index in [4.69, 9.17) is 4.74 Å². The van der Waals surface area contributed by atoms with Crippen LogP contribution in [-0.4, -0.2) is 51.9 Å². The molecule has 31 heavy (non-hydrogen) atoms. The molecular weight excluding hydrogens is 416 g/mol. The highest BCUT2D eigenvalue weighted by molar-refractivity contribution is 8.00. The molecule has 1 aromatic carbocycles. The molecule has 1 N–H and O–H groups in total. The molecule has 1 fully saturated rings. The first-order valence-corrected chi connectivity index (χ1v) is 10.9. The smallest absolute Gasteiger partial charge is 0.338 e. The number of methoxy groups -OCH3 is 1. The van der Waals surface area contributed by atoms with Crippen molar-refractivity contribution < 1.29 is 14.3 Å². The number of hydrogen-bond donors (Lipinski definition) is 1. The minimum atomic E-state index is -0.630.